The topological polar surface area (TPSA) is 75.6 Å². The van der Waals surface area contributed by atoms with E-state index in [1.165, 1.54) is 35.2 Å². The zero-order chi connectivity index (χ0) is 26.3. The molecule has 2 N–H and O–H groups in total. The van der Waals surface area contributed by atoms with Crippen LogP contribution in [0.4, 0.5) is 24.0 Å². The normalized spacial score (nSPS) is 11.5. The summed E-state index contributed by atoms with van der Waals surface area (Å²) in [7, 11) is 0. The van der Waals surface area contributed by atoms with E-state index in [2.05, 4.69) is 26.9 Å². The number of amides is 1. The average Bonchev–Trinajstić information content (AvgIpc) is 3.29. The Morgan fingerprint density at radius 3 is 2.62 bits per heavy atom. The van der Waals surface area contributed by atoms with Gasteiger partial charge in [-0.25, -0.2) is 10.4 Å². The molecule has 0 atom stereocenters. The number of hydrazone groups is 1. The van der Waals surface area contributed by atoms with Crippen LogP contribution >= 0.6 is 11.3 Å². The molecule has 0 radical (unpaired) electrons. The Morgan fingerprint density at radius 1 is 1.08 bits per heavy atom. The second-order valence-electron chi connectivity index (χ2n) is 8.16. The summed E-state index contributed by atoms with van der Waals surface area (Å²) in [5.74, 6) is 0.353. The Kier molecular flexibility index (Phi) is 8.19. The van der Waals surface area contributed by atoms with Gasteiger partial charge in [-0.2, -0.15) is 18.3 Å². The van der Waals surface area contributed by atoms with E-state index >= 15 is 0 Å². The minimum absolute atomic E-state index is 0.0240. The lowest BCUT2D eigenvalue weighted by molar-refractivity contribution is -0.137. The number of alkyl halides is 3. The van der Waals surface area contributed by atoms with Crippen molar-refractivity contribution < 1.29 is 22.7 Å². The number of aryl methyl sites for hydroxylation is 1. The fraction of sp³-hybridized carbons (Fsp3) is 0.148. The smallest absolute Gasteiger partial charge is 0.416 e. The number of nitrogens with zero attached hydrogens (tertiary/aromatic N) is 2. The van der Waals surface area contributed by atoms with Crippen LogP contribution < -0.4 is 15.5 Å². The van der Waals surface area contributed by atoms with Gasteiger partial charge in [0.05, 0.1) is 23.9 Å². The van der Waals surface area contributed by atoms with Gasteiger partial charge in [-0.3, -0.25) is 4.79 Å². The first-order valence-corrected chi connectivity index (χ1v) is 12.1. The Labute approximate surface area is 215 Å². The second kappa shape index (κ2) is 11.7. The highest BCUT2D eigenvalue weighted by Crippen LogP contribution is 2.31. The van der Waals surface area contributed by atoms with Gasteiger partial charge in [0.2, 0.25) is 5.91 Å². The zero-order valence-corrected chi connectivity index (χ0v) is 20.6. The van der Waals surface area contributed by atoms with Crippen LogP contribution in [0.25, 0.3) is 0 Å². The van der Waals surface area contributed by atoms with Crippen molar-refractivity contribution in [3.8, 4) is 5.75 Å². The summed E-state index contributed by atoms with van der Waals surface area (Å²) in [5, 5.41) is 8.85. The summed E-state index contributed by atoms with van der Waals surface area (Å²) in [6, 6.07) is 20.3. The number of hydrogen-bond donors (Lipinski definition) is 2. The van der Waals surface area contributed by atoms with Crippen molar-refractivity contribution in [2.75, 3.05) is 5.32 Å². The maximum atomic E-state index is 12.9. The maximum Gasteiger partial charge on any atom is 0.416 e. The lowest BCUT2D eigenvalue weighted by Gasteiger charge is -2.08. The number of rotatable bonds is 9. The van der Waals surface area contributed by atoms with Gasteiger partial charge >= 0.3 is 6.18 Å². The first kappa shape index (κ1) is 25.9. The Bertz CT molecular complexity index is 1380. The molecule has 37 heavy (non-hydrogen) atoms. The number of benzene rings is 3. The van der Waals surface area contributed by atoms with Crippen LogP contribution in [0.15, 0.2) is 83.3 Å². The number of halogens is 3. The molecule has 0 unspecified atom stereocenters. The third-order valence-corrected chi connectivity index (χ3v) is 5.91. The molecule has 0 fully saturated rings. The van der Waals surface area contributed by atoms with Gasteiger partial charge in [-0.15, -0.1) is 11.3 Å². The predicted octanol–water partition coefficient (Wildman–Crippen LogP) is 6.49. The van der Waals surface area contributed by atoms with Crippen LogP contribution in [0.1, 0.15) is 27.9 Å². The van der Waals surface area contributed by atoms with Gasteiger partial charge < -0.3 is 10.1 Å². The molecule has 1 amide bonds. The van der Waals surface area contributed by atoms with Gasteiger partial charge in [-0.05, 0) is 60.5 Å². The monoisotopic (exact) mass is 524 g/mol. The molecular formula is C27H23F3N4O2S. The zero-order valence-electron chi connectivity index (χ0n) is 19.8. The summed E-state index contributed by atoms with van der Waals surface area (Å²) in [5.41, 5.74) is 5.48. The van der Waals surface area contributed by atoms with E-state index in [-0.39, 0.29) is 18.0 Å². The Morgan fingerprint density at radius 2 is 1.86 bits per heavy atom. The molecule has 6 nitrogen and oxygen atoms in total. The standard InChI is InChI=1S/C27H23F3N4O2S/c1-18-4-2-5-20(12-18)16-36-24-10-8-19(9-11-24)15-31-34-25(35)14-23-17-37-26(33-23)32-22-7-3-6-21(13-22)27(28,29)30/h2-13,15,17H,14,16H2,1H3,(H,32,33)(H,34,35)/b31-15-. The molecule has 0 bridgehead atoms. The molecule has 4 aromatic rings. The third-order valence-electron chi connectivity index (χ3n) is 5.11. The van der Waals surface area contributed by atoms with E-state index in [9.17, 15) is 18.0 Å². The molecule has 10 heteroatoms. The van der Waals surface area contributed by atoms with Crippen LogP contribution in [0.5, 0.6) is 5.75 Å². The van der Waals surface area contributed by atoms with Gasteiger partial charge in [0.15, 0.2) is 5.13 Å². The first-order chi connectivity index (χ1) is 17.7. The maximum absolute atomic E-state index is 12.9. The average molecular weight is 525 g/mol. The third kappa shape index (κ3) is 7.91. The van der Waals surface area contributed by atoms with E-state index < -0.39 is 11.7 Å². The quantitative estimate of drug-likeness (QED) is 0.194. The van der Waals surface area contributed by atoms with E-state index in [4.69, 9.17) is 4.74 Å². The van der Waals surface area contributed by atoms with E-state index in [1.807, 2.05) is 49.4 Å². The fourth-order valence-corrected chi connectivity index (χ4v) is 4.07. The lowest BCUT2D eigenvalue weighted by atomic mass is 10.1. The molecule has 0 aliphatic rings. The molecule has 0 aliphatic heterocycles. The highest BCUT2D eigenvalue weighted by atomic mass is 32.1. The van der Waals surface area contributed by atoms with Crippen LogP contribution in [-0.4, -0.2) is 17.1 Å². The van der Waals surface area contributed by atoms with E-state index in [1.54, 1.807) is 5.38 Å². The Balaban J connectivity index is 1.24. The van der Waals surface area contributed by atoms with Crippen molar-refractivity contribution in [1.29, 1.82) is 0 Å². The number of carbonyl (C=O) groups excluding carboxylic acids is 1. The number of aromatic nitrogens is 1. The van der Waals surface area contributed by atoms with Crippen LogP contribution in [0, 0.1) is 6.92 Å². The molecule has 0 saturated carbocycles. The molecule has 0 spiro atoms. The number of anilines is 2. The summed E-state index contributed by atoms with van der Waals surface area (Å²) in [4.78, 5) is 16.5. The molecular weight excluding hydrogens is 501 g/mol. The molecule has 1 aromatic heterocycles. The van der Waals surface area contributed by atoms with Crippen LogP contribution in [0.2, 0.25) is 0 Å². The predicted molar refractivity (Wildman–Crippen MR) is 138 cm³/mol. The van der Waals surface area contributed by atoms with Crippen molar-refractivity contribution in [3.63, 3.8) is 0 Å². The second-order valence-corrected chi connectivity index (χ2v) is 9.02. The highest BCUT2D eigenvalue weighted by Gasteiger charge is 2.30. The van der Waals surface area contributed by atoms with Crippen molar-refractivity contribution >= 4 is 34.3 Å². The number of thiazole rings is 1. The summed E-state index contributed by atoms with van der Waals surface area (Å²) >= 11 is 1.19. The highest BCUT2D eigenvalue weighted by molar-refractivity contribution is 7.13. The van der Waals surface area contributed by atoms with Gasteiger partial charge in [0.1, 0.15) is 12.4 Å². The SMILES string of the molecule is Cc1cccc(COc2ccc(/C=N\NC(=O)Cc3csc(Nc4cccc(C(F)(F)F)c4)n3)cc2)c1. The number of hydrogen-bond acceptors (Lipinski definition) is 6. The molecule has 3 aromatic carbocycles. The van der Waals surface area contributed by atoms with E-state index in [0.717, 1.165) is 29.0 Å². The minimum atomic E-state index is -4.43. The number of nitrogens with one attached hydrogen (secondary N) is 2. The molecule has 4 rings (SSSR count). The van der Waals surface area contributed by atoms with Gasteiger partial charge in [0.25, 0.3) is 0 Å². The first-order valence-electron chi connectivity index (χ1n) is 11.2. The van der Waals surface area contributed by atoms with Crippen LogP contribution in [0.3, 0.4) is 0 Å². The molecule has 0 saturated heterocycles. The number of ether oxygens (including phenoxy) is 1. The van der Waals surface area contributed by atoms with E-state index in [0.29, 0.717) is 17.4 Å². The summed E-state index contributed by atoms with van der Waals surface area (Å²) in [6.07, 6.45) is -2.93. The van der Waals surface area contributed by atoms with Crippen molar-refractivity contribution in [2.24, 2.45) is 5.10 Å². The molecule has 0 aliphatic carbocycles. The minimum Gasteiger partial charge on any atom is -0.489 e. The van der Waals surface area contributed by atoms with Gasteiger partial charge in [-0.1, -0.05) is 35.9 Å². The fourth-order valence-electron chi connectivity index (χ4n) is 3.34. The van der Waals surface area contributed by atoms with Gasteiger partial charge in [0, 0.05) is 11.1 Å². The summed E-state index contributed by atoms with van der Waals surface area (Å²) < 4.78 is 44.4. The Hall–Kier alpha value is -4.18. The van der Waals surface area contributed by atoms with Crippen LogP contribution in [-0.2, 0) is 24.0 Å². The molecule has 190 valence electrons. The van der Waals surface area contributed by atoms with Crippen molar-refractivity contribution in [3.05, 3.63) is 106 Å². The largest absolute Gasteiger partial charge is 0.489 e. The summed E-state index contributed by atoms with van der Waals surface area (Å²) in [6.45, 7) is 2.51. The van der Waals surface area contributed by atoms with Crippen molar-refractivity contribution in [1.82, 2.24) is 10.4 Å². The van der Waals surface area contributed by atoms with Crippen molar-refractivity contribution in [2.45, 2.75) is 26.1 Å². The lowest BCUT2D eigenvalue weighted by Crippen LogP contribution is -2.19. The number of carbonyl (C=O) groups is 1. The molecule has 1 heterocycles.